The molecule has 0 spiro atoms. The van der Waals surface area contributed by atoms with Gasteiger partial charge in [0, 0.05) is 6.42 Å². The van der Waals surface area contributed by atoms with Crippen molar-refractivity contribution >= 4 is 5.97 Å². The molecule has 0 unspecified atom stereocenters. The molecule has 0 bridgehead atoms. The number of ether oxygens (including phenoxy) is 1. The molecule has 0 heterocycles. The zero-order chi connectivity index (χ0) is 9.52. The SMILES string of the molecule is CCCCOC(=O)CCCC1CC1. The lowest BCUT2D eigenvalue weighted by Crippen LogP contribution is -2.05. The van der Waals surface area contributed by atoms with Crippen LogP contribution in [0.25, 0.3) is 0 Å². The summed E-state index contributed by atoms with van der Waals surface area (Å²) >= 11 is 0. The van der Waals surface area contributed by atoms with Crippen LogP contribution in [0.15, 0.2) is 0 Å². The number of carbonyl (C=O) groups is 1. The first-order valence-electron chi connectivity index (χ1n) is 5.48. The maximum atomic E-state index is 11.1. The number of hydrogen-bond acceptors (Lipinski definition) is 2. The Kier molecular flexibility index (Phi) is 4.87. The summed E-state index contributed by atoms with van der Waals surface area (Å²) in [6.45, 7) is 2.71. The van der Waals surface area contributed by atoms with Crippen molar-refractivity contribution in [2.24, 2.45) is 5.92 Å². The summed E-state index contributed by atoms with van der Waals surface area (Å²) in [5.74, 6) is 0.928. The molecule has 0 atom stereocenters. The average Bonchev–Trinajstić information content (AvgIpc) is 2.89. The van der Waals surface area contributed by atoms with Gasteiger partial charge < -0.3 is 4.74 Å². The van der Waals surface area contributed by atoms with E-state index in [-0.39, 0.29) is 5.97 Å². The van der Waals surface area contributed by atoms with Crippen LogP contribution in [-0.4, -0.2) is 12.6 Å². The van der Waals surface area contributed by atoms with Crippen LogP contribution in [0.2, 0.25) is 0 Å². The van der Waals surface area contributed by atoms with E-state index in [0.717, 1.165) is 25.2 Å². The van der Waals surface area contributed by atoms with E-state index in [9.17, 15) is 4.79 Å². The number of carbonyl (C=O) groups excluding carboxylic acids is 1. The Morgan fingerprint density at radius 1 is 1.38 bits per heavy atom. The Hall–Kier alpha value is -0.530. The fourth-order valence-corrected chi connectivity index (χ4v) is 1.34. The molecule has 0 amide bonds. The topological polar surface area (TPSA) is 26.3 Å². The second kappa shape index (κ2) is 6.01. The van der Waals surface area contributed by atoms with Crippen molar-refractivity contribution in [1.29, 1.82) is 0 Å². The third kappa shape index (κ3) is 5.67. The second-order valence-electron chi connectivity index (χ2n) is 3.91. The lowest BCUT2D eigenvalue weighted by Gasteiger charge is -2.02. The van der Waals surface area contributed by atoms with Gasteiger partial charge in [-0.25, -0.2) is 0 Å². The van der Waals surface area contributed by atoms with E-state index in [1.165, 1.54) is 19.3 Å². The Balaban J connectivity index is 1.84. The van der Waals surface area contributed by atoms with Gasteiger partial charge in [-0.1, -0.05) is 26.2 Å². The van der Waals surface area contributed by atoms with E-state index in [4.69, 9.17) is 4.74 Å². The fraction of sp³-hybridized carbons (Fsp3) is 0.909. The fourth-order valence-electron chi connectivity index (χ4n) is 1.34. The van der Waals surface area contributed by atoms with Crippen LogP contribution in [0.3, 0.4) is 0 Å². The molecule has 0 radical (unpaired) electrons. The number of rotatable bonds is 7. The second-order valence-corrected chi connectivity index (χ2v) is 3.91. The highest BCUT2D eigenvalue weighted by Crippen LogP contribution is 2.33. The Morgan fingerprint density at radius 2 is 2.15 bits per heavy atom. The highest BCUT2D eigenvalue weighted by molar-refractivity contribution is 5.69. The van der Waals surface area contributed by atoms with Gasteiger partial charge >= 0.3 is 5.97 Å². The van der Waals surface area contributed by atoms with E-state index in [1.807, 2.05) is 0 Å². The summed E-state index contributed by atoms with van der Waals surface area (Å²) in [6, 6.07) is 0. The summed E-state index contributed by atoms with van der Waals surface area (Å²) in [6.07, 6.45) is 7.72. The highest BCUT2D eigenvalue weighted by Gasteiger charge is 2.20. The zero-order valence-electron chi connectivity index (χ0n) is 8.55. The largest absolute Gasteiger partial charge is 0.466 e. The first-order valence-corrected chi connectivity index (χ1v) is 5.48. The zero-order valence-corrected chi connectivity index (χ0v) is 8.55. The van der Waals surface area contributed by atoms with Crippen molar-refractivity contribution < 1.29 is 9.53 Å². The number of esters is 1. The first-order chi connectivity index (χ1) is 6.33. The van der Waals surface area contributed by atoms with Gasteiger partial charge in [-0.05, 0) is 25.2 Å². The summed E-state index contributed by atoms with van der Waals surface area (Å²) in [4.78, 5) is 11.1. The first kappa shape index (κ1) is 10.6. The molecule has 0 aromatic rings. The molecular formula is C11H20O2. The lowest BCUT2D eigenvalue weighted by molar-refractivity contribution is -0.143. The quantitative estimate of drug-likeness (QED) is 0.449. The van der Waals surface area contributed by atoms with Crippen molar-refractivity contribution in [3.63, 3.8) is 0 Å². The van der Waals surface area contributed by atoms with Crippen molar-refractivity contribution in [2.45, 2.75) is 51.9 Å². The van der Waals surface area contributed by atoms with E-state index in [2.05, 4.69) is 6.92 Å². The van der Waals surface area contributed by atoms with Crippen molar-refractivity contribution in [3.05, 3.63) is 0 Å². The Morgan fingerprint density at radius 3 is 2.77 bits per heavy atom. The number of unbranched alkanes of at least 4 members (excludes halogenated alkanes) is 1. The van der Waals surface area contributed by atoms with E-state index in [0.29, 0.717) is 13.0 Å². The molecule has 1 rings (SSSR count). The maximum Gasteiger partial charge on any atom is 0.305 e. The molecular weight excluding hydrogens is 164 g/mol. The molecule has 76 valence electrons. The smallest absolute Gasteiger partial charge is 0.305 e. The van der Waals surface area contributed by atoms with E-state index < -0.39 is 0 Å². The Labute approximate surface area is 80.7 Å². The van der Waals surface area contributed by atoms with Crippen LogP contribution in [0.5, 0.6) is 0 Å². The third-order valence-electron chi connectivity index (χ3n) is 2.45. The van der Waals surface area contributed by atoms with Gasteiger partial charge in [-0.2, -0.15) is 0 Å². The van der Waals surface area contributed by atoms with Crippen LogP contribution in [0, 0.1) is 5.92 Å². The summed E-state index contributed by atoms with van der Waals surface area (Å²) in [5, 5.41) is 0. The van der Waals surface area contributed by atoms with Gasteiger partial charge in [0.1, 0.15) is 0 Å². The predicted octanol–water partition coefficient (Wildman–Crippen LogP) is 2.91. The molecule has 0 aromatic heterocycles. The molecule has 1 aliphatic rings. The molecule has 0 N–H and O–H groups in total. The van der Waals surface area contributed by atoms with Crippen LogP contribution in [0.1, 0.15) is 51.9 Å². The molecule has 1 aliphatic carbocycles. The molecule has 2 nitrogen and oxygen atoms in total. The van der Waals surface area contributed by atoms with Gasteiger partial charge in [0.2, 0.25) is 0 Å². The Bertz CT molecular complexity index is 150. The van der Waals surface area contributed by atoms with Crippen molar-refractivity contribution in [3.8, 4) is 0 Å². The molecule has 0 aromatic carbocycles. The van der Waals surface area contributed by atoms with Crippen molar-refractivity contribution in [2.75, 3.05) is 6.61 Å². The standard InChI is InChI=1S/C11H20O2/c1-2-3-9-13-11(12)6-4-5-10-7-8-10/h10H,2-9H2,1H3. The predicted molar refractivity (Wildman–Crippen MR) is 52.4 cm³/mol. The lowest BCUT2D eigenvalue weighted by atomic mass is 10.2. The minimum absolute atomic E-state index is 0.00546. The van der Waals surface area contributed by atoms with Gasteiger partial charge in [0.05, 0.1) is 6.61 Å². The van der Waals surface area contributed by atoms with Gasteiger partial charge in [0.15, 0.2) is 0 Å². The van der Waals surface area contributed by atoms with E-state index in [1.54, 1.807) is 0 Å². The van der Waals surface area contributed by atoms with Crippen LogP contribution in [0.4, 0.5) is 0 Å². The maximum absolute atomic E-state index is 11.1. The molecule has 13 heavy (non-hydrogen) atoms. The summed E-state index contributed by atoms with van der Waals surface area (Å²) < 4.78 is 5.05. The van der Waals surface area contributed by atoms with Crippen LogP contribution >= 0.6 is 0 Å². The minimum atomic E-state index is -0.00546. The van der Waals surface area contributed by atoms with Gasteiger partial charge in [-0.3, -0.25) is 4.79 Å². The summed E-state index contributed by atoms with van der Waals surface area (Å²) in [5.41, 5.74) is 0. The summed E-state index contributed by atoms with van der Waals surface area (Å²) in [7, 11) is 0. The van der Waals surface area contributed by atoms with Crippen molar-refractivity contribution in [1.82, 2.24) is 0 Å². The van der Waals surface area contributed by atoms with E-state index >= 15 is 0 Å². The third-order valence-corrected chi connectivity index (χ3v) is 2.45. The van der Waals surface area contributed by atoms with Crippen LogP contribution < -0.4 is 0 Å². The van der Waals surface area contributed by atoms with Crippen LogP contribution in [-0.2, 0) is 9.53 Å². The molecule has 0 aliphatic heterocycles. The minimum Gasteiger partial charge on any atom is -0.466 e. The van der Waals surface area contributed by atoms with Gasteiger partial charge in [0.25, 0.3) is 0 Å². The molecule has 1 saturated carbocycles. The highest BCUT2D eigenvalue weighted by atomic mass is 16.5. The average molecular weight is 184 g/mol. The normalized spacial score (nSPS) is 15.8. The molecule has 2 heteroatoms. The monoisotopic (exact) mass is 184 g/mol. The molecule has 1 fully saturated rings. The van der Waals surface area contributed by atoms with Gasteiger partial charge in [-0.15, -0.1) is 0 Å². The number of hydrogen-bond donors (Lipinski definition) is 0. The molecule has 0 saturated heterocycles.